The van der Waals surface area contributed by atoms with Gasteiger partial charge in [0.05, 0.1) is 6.54 Å². The quantitative estimate of drug-likeness (QED) is 0.592. The van der Waals surface area contributed by atoms with Crippen molar-refractivity contribution in [2.45, 2.75) is 6.54 Å². The molecule has 3 N–H and O–H groups in total. The van der Waals surface area contributed by atoms with Gasteiger partial charge in [-0.05, 0) is 0 Å². The van der Waals surface area contributed by atoms with E-state index in [1.165, 1.54) is 0 Å². The molecule has 0 unspecified atom stereocenters. The van der Waals surface area contributed by atoms with Gasteiger partial charge < -0.3 is 11.1 Å². The van der Waals surface area contributed by atoms with Crippen molar-refractivity contribution < 1.29 is 9.36 Å². The molecule has 1 rings (SSSR count). The summed E-state index contributed by atoms with van der Waals surface area (Å²) in [6.07, 6.45) is 3.87. The third kappa shape index (κ3) is 3.01. The van der Waals surface area contributed by atoms with Crippen molar-refractivity contribution in [1.29, 1.82) is 0 Å². The van der Waals surface area contributed by atoms with Crippen LogP contribution < -0.4 is 15.6 Å². The first-order chi connectivity index (χ1) is 5.79. The van der Waals surface area contributed by atoms with E-state index in [1.54, 1.807) is 0 Å². The number of primary amides is 1. The molecule has 1 aromatic rings. The number of amides is 2. The predicted octanol–water partition coefficient (Wildman–Crippen LogP) is -0.358. The maximum absolute atomic E-state index is 10.3. The standard InChI is InChI=1S/C8H11N3O/c9-8(12)10-4-7-11-5-2-1-3-6-11/h1-3,5-6H,4,7H2,(H2-,9,10,12)/p+1. The number of nitrogens with zero attached hydrogens (tertiary/aromatic N) is 1. The molecule has 0 bridgehead atoms. The van der Waals surface area contributed by atoms with Gasteiger partial charge in [0.25, 0.3) is 0 Å². The van der Waals surface area contributed by atoms with Gasteiger partial charge in [-0.1, -0.05) is 6.07 Å². The van der Waals surface area contributed by atoms with Crippen LogP contribution in [0.4, 0.5) is 4.79 Å². The van der Waals surface area contributed by atoms with Gasteiger partial charge in [-0.3, -0.25) is 0 Å². The molecule has 0 aliphatic rings. The van der Waals surface area contributed by atoms with E-state index in [2.05, 4.69) is 5.32 Å². The summed E-state index contributed by atoms with van der Waals surface area (Å²) in [7, 11) is 0. The van der Waals surface area contributed by atoms with Crippen molar-refractivity contribution in [3.05, 3.63) is 30.6 Å². The molecule has 0 spiro atoms. The number of carbonyl (C=O) groups excluding carboxylic acids is 1. The number of rotatable bonds is 3. The van der Waals surface area contributed by atoms with E-state index in [4.69, 9.17) is 5.73 Å². The van der Waals surface area contributed by atoms with E-state index >= 15 is 0 Å². The van der Waals surface area contributed by atoms with E-state index in [-0.39, 0.29) is 0 Å². The SMILES string of the molecule is NC(=O)NCC[n+]1ccccc1. The van der Waals surface area contributed by atoms with E-state index in [0.29, 0.717) is 6.54 Å². The second kappa shape index (κ2) is 4.33. The minimum absolute atomic E-state index is 0.480. The number of pyridine rings is 1. The lowest BCUT2D eigenvalue weighted by Gasteiger charge is -1.97. The van der Waals surface area contributed by atoms with Gasteiger partial charge in [0, 0.05) is 12.1 Å². The molecule has 0 aliphatic carbocycles. The number of urea groups is 1. The lowest BCUT2D eigenvalue weighted by molar-refractivity contribution is -0.694. The third-order valence-corrected chi connectivity index (χ3v) is 1.45. The van der Waals surface area contributed by atoms with Gasteiger partial charge in [0.2, 0.25) is 0 Å². The first-order valence-electron chi connectivity index (χ1n) is 3.76. The number of hydrogen-bond acceptors (Lipinski definition) is 1. The molecule has 0 saturated carbocycles. The first kappa shape index (κ1) is 8.52. The van der Waals surface area contributed by atoms with E-state index in [1.807, 2.05) is 35.2 Å². The first-order valence-corrected chi connectivity index (χ1v) is 3.76. The molecule has 0 saturated heterocycles. The smallest absolute Gasteiger partial charge is 0.312 e. The summed E-state index contributed by atoms with van der Waals surface area (Å²) in [4.78, 5) is 10.3. The molecule has 1 aromatic heterocycles. The van der Waals surface area contributed by atoms with Crippen LogP contribution in [-0.4, -0.2) is 12.6 Å². The molecule has 2 amide bonds. The van der Waals surface area contributed by atoms with Crippen molar-refractivity contribution in [3.8, 4) is 0 Å². The number of carbonyl (C=O) groups is 1. The highest BCUT2D eigenvalue weighted by atomic mass is 16.2. The molecule has 0 radical (unpaired) electrons. The zero-order valence-corrected chi connectivity index (χ0v) is 6.73. The van der Waals surface area contributed by atoms with Gasteiger partial charge in [-0.2, -0.15) is 0 Å². The fraction of sp³-hybridized carbons (Fsp3) is 0.250. The molecule has 64 valence electrons. The van der Waals surface area contributed by atoms with Crippen LogP contribution in [-0.2, 0) is 6.54 Å². The van der Waals surface area contributed by atoms with Gasteiger partial charge in [0.15, 0.2) is 18.9 Å². The van der Waals surface area contributed by atoms with Gasteiger partial charge in [-0.15, -0.1) is 0 Å². The Labute approximate surface area is 71.0 Å². The van der Waals surface area contributed by atoms with Crippen LogP contribution >= 0.6 is 0 Å². The molecule has 1 heterocycles. The van der Waals surface area contributed by atoms with Crippen molar-refractivity contribution >= 4 is 6.03 Å². The van der Waals surface area contributed by atoms with Crippen molar-refractivity contribution in [2.24, 2.45) is 5.73 Å². The summed E-state index contributed by atoms with van der Waals surface area (Å²) >= 11 is 0. The Morgan fingerprint density at radius 3 is 2.58 bits per heavy atom. The summed E-state index contributed by atoms with van der Waals surface area (Å²) in [6, 6.07) is 5.33. The third-order valence-electron chi connectivity index (χ3n) is 1.45. The average Bonchev–Trinajstić information content (AvgIpc) is 2.05. The minimum Gasteiger partial charge on any atom is -0.352 e. The number of nitrogens with one attached hydrogen (secondary N) is 1. The average molecular weight is 166 g/mol. The molecule has 4 nitrogen and oxygen atoms in total. The summed E-state index contributed by atoms with van der Waals surface area (Å²) < 4.78 is 1.97. The van der Waals surface area contributed by atoms with Crippen LogP contribution in [0.15, 0.2) is 30.6 Å². The highest BCUT2D eigenvalue weighted by Gasteiger charge is 1.97. The largest absolute Gasteiger partial charge is 0.352 e. The van der Waals surface area contributed by atoms with Crippen LogP contribution in [0.1, 0.15) is 0 Å². The minimum atomic E-state index is -0.480. The molecule has 12 heavy (non-hydrogen) atoms. The van der Waals surface area contributed by atoms with Crippen molar-refractivity contribution in [2.75, 3.05) is 6.54 Å². The predicted molar refractivity (Wildman–Crippen MR) is 44.2 cm³/mol. The Balaban J connectivity index is 2.29. The molecule has 0 aliphatic heterocycles. The summed E-state index contributed by atoms with van der Waals surface area (Å²) in [6.45, 7) is 1.30. The zero-order valence-electron chi connectivity index (χ0n) is 6.73. The Bertz CT molecular complexity index is 248. The maximum atomic E-state index is 10.3. The fourth-order valence-corrected chi connectivity index (χ4v) is 0.892. The number of hydrogen-bond donors (Lipinski definition) is 2. The van der Waals surface area contributed by atoms with E-state index in [0.717, 1.165) is 6.54 Å². The van der Waals surface area contributed by atoms with Crippen molar-refractivity contribution in [3.63, 3.8) is 0 Å². The van der Waals surface area contributed by atoms with E-state index < -0.39 is 6.03 Å². The molecular formula is C8H12N3O+. The van der Waals surface area contributed by atoms with Crippen molar-refractivity contribution in [1.82, 2.24) is 5.32 Å². The second-order valence-electron chi connectivity index (χ2n) is 2.40. The Hall–Kier alpha value is -1.58. The van der Waals surface area contributed by atoms with Crippen LogP contribution in [0.2, 0.25) is 0 Å². The van der Waals surface area contributed by atoms with Gasteiger partial charge in [-0.25, -0.2) is 9.36 Å². The second-order valence-corrected chi connectivity index (χ2v) is 2.40. The molecule has 0 aromatic carbocycles. The Kier molecular flexibility index (Phi) is 3.07. The highest BCUT2D eigenvalue weighted by molar-refractivity contribution is 5.71. The summed E-state index contributed by atoms with van der Waals surface area (Å²) in [5.41, 5.74) is 4.90. The van der Waals surface area contributed by atoms with Gasteiger partial charge in [0.1, 0.15) is 0 Å². The molecular weight excluding hydrogens is 154 g/mol. The zero-order chi connectivity index (χ0) is 8.81. The monoisotopic (exact) mass is 166 g/mol. The van der Waals surface area contributed by atoms with Crippen LogP contribution in [0, 0.1) is 0 Å². The van der Waals surface area contributed by atoms with Crippen LogP contribution in [0.3, 0.4) is 0 Å². The number of nitrogens with two attached hydrogens (primary N) is 1. The fourth-order valence-electron chi connectivity index (χ4n) is 0.892. The topological polar surface area (TPSA) is 59.0 Å². The molecule has 4 heteroatoms. The maximum Gasteiger partial charge on any atom is 0.312 e. The van der Waals surface area contributed by atoms with E-state index in [9.17, 15) is 4.79 Å². The summed E-state index contributed by atoms with van der Waals surface area (Å²) in [5.74, 6) is 0. The van der Waals surface area contributed by atoms with Gasteiger partial charge >= 0.3 is 6.03 Å². The lowest BCUT2D eigenvalue weighted by atomic mass is 10.5. The Morgan fingerprint density at radius 2 is 2.00 bits per heavy atom. The number of aromatic nitrogens is 1. The molecule has 0 atom stereocenters. The summed E-state index contributed by atoms with van der Waals surface area (Å²) in [5, 5.41) is 2.51. The normalized spacial score (nSPS) is 9.33. The Morgan fingerprint density at radius 1 is 1.33 bits per heavy atom. The van der Waals surface area contributed by atoms with Crippen LogP contribution in [0.5, 0.6) is 0 Å². The molecule has 0 fully saturated rings. The highest BCUT2D eigenvalue weighted by Crippen LogP contribution is 1.75. The lowest BCUT2D eigenvalue weighted by Crippen LogP contribution is -2.41. The van der Waals surface area contributed by atoms with Crippen LogP contribution in [0.25, 0.3) is 0 Å².